The van der Waals surface area contributed by atoms with Gasteiger partial charge in [0.25, 0.3) is 5.91 Å². The van der Waals surface area contributed by atoms with E-state index in [1.165, 1.54) is 17.2 Å². The number of fused-ring (bicyclic) bond motifs is 1. The highest BCUT2D eigenvalue weighted by atomic mass is 16.6. The first-order valence-corrected chi connectivity index (χ1v) is 15.9. The maximum atomic E-state index is 13.6. The predicted octanol–water partition coefficient (Wildman–Crippen LogP) is 5.28. The monoisotopic (exact) mass is 683 g/mol. The lowest BCUT2D eigenvalue weighted by molar-refractivity contribution is -0.211. The Morgan fingerprint density at radius 2 is 1.10 bits per heavy atom. The highest BCUT2D eigenvalue weighted by molar-refractivity contribution is 6.06. The van der Waals surface area contributed by atoms with Gasteiger partial charge in [0.1, 0.15) is 6.33 Å². The van der Waals surface area contributed by atoms with Gasteiger partial charge in [0.2, 0.25) is 0 Å². The fourth-order valence-corrected chi connectivity index (χ4v) is 5.58. The van der Waals surface area contributed by atoms with E-state index < -0.39 is 48.4 Å². The molecule has 0 spiro atoms. The van der Waals surface area contributed by atoms with Crippen molar-refractivity contribution in [1.82, 2.24) is 19.5 Å². The first-order valence-electron chi connectivity index (χ1n) is 15.9. The third kappa shape index (κ3) is 7.19. The van der Waals surface area contributed by atoms with Gasteiger partial charge in [-0.2, -0.15) is 0 Å². The lowest BCUT2D eigenvalue weighted by Gasteiger charge is -2.41. The van der Waals surface area contributed by atoms with Crippen molar-refractivity contribution in [1.29, 1.82) is 0 Å². The van der Waals surface area contributed by atoms with Gasteiger partial charge in [0.15, 0.2) is 41.5 Å². The molecular weight excluding hydrogens is 654 g/mol. The lowest BCUT2D eigenvalue weighted by Crippen LogP contribution is -2.55. The maximum Gasteiger partial charge on any atom is 0.338 e. The number of benzene rings is 4. The number of hydrogen-bond acceptors (Lipinski definition) is 11. The molecule has 0 aliphatic carbocycles. The molecule has 0 radical (unpaired) electrons. The summed E-state index contributed by atoms with van der Waals surface area (Å²) in [6.07, 6.45) is -2.55. The van der Waals surface area contributed by atoms with Crippen molar-refractivity contribution in [2.75, 3.05) is 11.9 Å². The number of rotatable bonds is 9. The van der Waals surface area contributed by atoms with E-state index in [9.17, 15) is 19.2 Å². The summed E-state index contributed by atoms with van der Waals surface area (Å²) in [6, 6.07) is 33.4. The van der Waals surface area contributed by atoms with Crippen molar-refractivity contribution in [2.24, 2.45) is 0 Å². The van der Waals surface area contributed by atoms with Crippen molar-refractivity contribution in [3.05, 3.63) is 156 Å². The van der Waals surface area contributed by atoms with E-state index in [1.807, 2.05) is 0 Å². The molecule has 1 aliphatic rings. The average Bonchev–Trinajstić information content (AvgIpc) is 3.62. The highest BCUT2D eigenvalue weighted by Crippen LogP contribution is 2.34. The summed E-state index contributed by atoms with van der Waals surface area (Å²) >= 11 is 0. The zero-order valence-corrected chi connectivity index (χ0v) is 26.8. The molecule has 4 aromatic carbocycles. The fraction of sp³-hybridized carbons (Fsp3) is 0.132. The minimum Gasteiger partial charge on any atom is -0.452 e. The van der Waals surface area contributed by atoms with Crippen molar-refractivity contribution in [2.45, 2.75) is 24.5 Å². The summed E-state index contributed by atoms with van der Waals surface area (Å²) < 4.78 is 25.8. The molecule has 1 amide bonds. The smallest absolute Gasteiger partial charge is 0.338 e. The van der Waals surface area contributed by atoms with E-state index in [0.29, 0.717) is 5.56 Å². The predicted molar refractivity (Wildman–Crippen MR) is 182 cm³/mol. The quantitative estimate of drug-likeness (QED) is 0.156. The average molecular weight is 684 g/mol. The van der Waals surface area contributed by atoms with Crippen molar-refractivity contribution in [3.8, 4) is 0 Å². The Bertz CT molecular complexity index is 2160. The van der Waals surface area contributed by atoms with Gasteiger partial charge in [-0.25, -0.2) is 29.3 Å². The number of esters is 3. The lowest BCUT2D eigenvalue weighted by atomic mass is 10.0. The van der Waals surface area contributed by atoms with Crippen LogP contribution < -0.4 is 5.32 Å². The van der Waals surface area contributed by atoms with Crippen LogP contribution in [-0.2, 0) is 18.9 Å². The molecule has 1 N–H and O–H groups in total. The van der Waals surface area contributed by atoms with Crippen LogP contribution in [0.5, 0.6) is 0 Å². The van der Waals surface area contributed by atoms with Gasteiger partial charge in [-0.05, 0) is 48.5 Å². The van der Waals surface area contributed by atoms with Crippen LogP contribution in [0.1, 0.15) is 47.7 Å². The molecule has 2 aromatic heterocycles. The largest absolute Gasteiger partial charge is 0.452 e. The number of nitrogens with one attached hydrogen (secondary N) is 1. The van der Waals surface area contributed by atoms with E-state index in [-0.39, 0.29) is 40.3 Å². The van der Waals surface area contributed by atoms with Crippen molar-refractivity contribution >= 4 is 40.8 Å². The number of ether oxygens (including phenoxy) is 4. The van der Waals surface area contributed by atoms with Gasteiger partial charge in [-0.1, -0.05) is 72.8 Å². The molecule has 4 atom stereocenters. The van der Waals surface area contributed by atoms with Gasteiger partial charge in [-0.15, -0.1) is 0 Å². The molecule has 3 heterocycles. The van der Waals surface area contributed by atoms with E-state index >= 15 is 0 Å². The Labute approximate surface area is 290 Å². The standard InChI is InChI=1S/C38H29N5O8/c44-34(24-13-5-1-6-14-24)42-32-29-33(40-22-39-32)43(23-41-29)35-31(51-38(47)27-19-11-4-12-20-27)30(50-37(46)26-17-9-3-10-18-26)28(21-48-35)49-36(45)25-15-7-2-8-16-25/h1-20,22-23,28,30-31,35H,21H2,(H,39,40,42,44). The van der Waals surface area contributed by atoms with E-state index in [2.05, 4.69) is 20.3 Å². The number of hydrogen-bond donors (Lipinski definition) is 1. The SMILES string of the molecule is O=C(Nc1ncnc2c1ncn2C1OCC(OC(=O)c2ccccc2)C(OC(=O)c2ccccc2)C1OC(=O)c1ccccc1)c1ccccc1. The number of nitrogens with zero attached hydrogens (tertiary/aromatic N) is 4. The van der Waals surface area contributed by atoms with Gasteiger partial charge in [-0.3, -0.25) is 9.36 Å². The molecule has 1 fully saturated rings. The Morgan fingerprint density at radius 1 is 0.608 bits per heavy atom. The molecule has 13 nitrogen and oxygen atoms in total. The van der Waals surface area contributed by atoms with Crippen LogP contribution in [0.2, 0.25) is 0 Å². The molecule has 7 rings (SSSR count). The zero-order chi connectivity index (χ0) is 35.2. The van der Waals surface area contributed by atoms with E-state index in [4.69, 9.17) is 18.9 Å². The normalized spacial score (nSPS) is 18.4. The molecule has 51 heavy (non-hydrogen) atoms. The Kier molecular flexibility index (Phi) is 9.52. The van der Waals surface area contributed by atoms with Crippen LogP contribution >= 0.6 is 0 Å². The third-order valence-electron chi connectivity index (χ3n) is 8.08. The number of imidazole rings is 1. The van der Waals surface area contributed by atoms with Crippen molar-refractivity contribution in [3.63, 3.8) is 0 Å². The van der Waals surface area contributed by atoms with Crippen LogP contribution in [0.4, 0.5) is 5.82 Å². The molecule has 0 bridgehead atoms. The fourth-order valence-electron chi connectivity index (χ4n) is 5.58. The summed E-state index contributed by atoms with van der Waals surface area (Å²) in [5, 5.41) is 2.76. The third-order valence-corrected chi connectivity index (χ3v) is 8.08. The zero-order valence-electron chi connectivity index (χ0n) is 26.8. The van der Waals surface area contributed by atoms with Gasteiger partial charge >= 0.3 is 17.9 Å². The summed E-state index contributed by atoms with van der Waals surface area (Å²) in [6.45, 7) is -0.266. The Balaban J connectivity index is 1.27. The summed E-state index contributed by atoms with van der Waals surface area (Å²) in [5.74, 6) is -2.48. The molecule has 1 saturated heterocycles. The van der Waals surface area contributed by atoms with E-state index in [0.717, 1.165) is 0 Å². The summed E-state index contributed by atoms with van der Waals surface area (Å²) in [4.78, 5) is 66.5. The molecule has 6 aromatic rings. The number of amides is 1. The van der Waals surface area contributed by atoms with Crippen LogP contribution in [0.3, 0.4) is 0 Å². The Hall–Kier alpha value is -6.73. The second-order valence-electron chi connectivity index (χ2n) is 11.4. The minimum atomic E-state index is -1.40. The first kappa shape index (κ1) is 32.8. The molecule has 254 valence electrons. The van der Waals surface area contributed by atoms with Gasteiger partial charge in [0, 0.05) is 5.56 Å². The highest BCUT2D eigenvalue weighted by Gasteiger charge is 2.49. The number of anilines is 1. The van der Waals surface area contributed by atoms with Crippen LogP contribution in [0.15, 0.2) is 134 Å². The molecule has 0 saturated carbocycles. The molecule has 1 aliphatic heterocycles. The van der Waals surface area contributed by atoms with Crippen LogP contribution in [0.25, 0.3) is 11.2 Å². The molecule has 13 heteroatoms. The number of carbonyl (C=O) groups excluding carboxylic acids is 4. The second-order valence-corrected chi connectivity index (χ2v) is 11.4. The second kappa shape index (κ2) is 14.8. The minimum absolute atomic E-state index is 0.128. The first-order chi connectivity index (χ1) is 25.0. The van der Waals surface area contributed by atoms with E-state index in [1.54, 1.807) is 121 Å². The maximum absolute atomic E-state index is 13.6. The van der Waals surface area contributed by atoms with Crippen molar-refractivity contribution < 1.29 is 38.1 Å². The van der Waals surface area contributed by atoms with Crippen LogP contribution in [-0.4, -0.2) is 68.3 Å². The van der Waals surface area contributed by atoms with Gasteiger partial charge < -0.3 is 24.3 Å². The number of carbonyl (C=O) groups is 4. The summed E-state index contributed by atoms with van der Waals surface area (Å²) in [5.41, 5.74) is 1.54. The molecular formula is C38H29N5O8. The van der Waals surface area contributed by atoms with Crippen LogP contribution in [0, 0.1) is 0 Å². The molecule has 4 unspecified atom stereocenters. The Morgan fingerprint density at radius 3 is 1.65 bits per heavy atom. The number of aromatic nitrogens is 4. The topological polar surface area (TPSA) is 161 Å². The van der Waals surface area contributed by atoms with Gasteiger partial charge in [0.05, 0.1) is 29.6 Å². The summed E-state index contributed by atoms with van der Waals surface area (Å²) in [7, 11) is 0.